The van der Waals surface area contributed by atoms with Gasteiger partial charge in [-0.2, -0.15) is 0 Å². The highest BCUT2D eigenvalue weighted by molar-refractivity contribution is 5.95. The minimum atomic E-state index is -0.924. The molecule has 110 valence electrons. The Hall–Kier alpha value is -2.13. The number of aliphatic hydroxyl groups excluding tert-OH is 1. The molecule has 2 aromatic rings. The summed E-state index contributed by atoms with van der Waals surface area (Å²) in [5.74, 6) is -0.206. The van der Waals surface area contributed by atoms with Crippen molar-refractivity contribution >= 4 is 11.6 Å². The second-order valence-electron chi connectivity index (χ2n) is 5.86. The van der Waals surface area contributed by atoms with Gasteiger partial charge >= 0.3 is 0 Å². The predicted octanol–water partition coefficient (Wildman–Crippen LogP) is 3.69. The second kappa shape index (κ2) is 6.10. The lowest BCUT2D eigenvalue weighted by Gasteiger charge is -2.29. The maximum atomic E-state index is 12.5. The third-order valence-electron chi connectivity index (χ3n) is 3.69. The van der Waals surface area contributed by atoms with Crippen LogP contribution in [0.25, 0.3) is 0 Å². The van der Waals surface area contributed by atoms with Gasteiger partial charge in [-0.3, -0.25) is 4.79 Å². The first-order valence-corrected chi connectivity index (χ1v) is 7.02. The van der Waals surface area contributed by atoms with Gasteiger partial charge in [-0.25, -0.2) is 0 Å². The zero-order chi connectivity index (χ0) is 15.5. The summed E-state index contributed by atoms with van der Waals surface area (Å²) in [4.78, 5) is 12.5. The largest absolute Gasteiger partial charge is 0.387 e. The van der Waals surface area contributed by atoms with Crippen LogP contribution in [0.5, 0.6) is 0 Å². The molecule has 3 heteroatoms. The molecule has 2 N–H and O–H groups in total. The van der Waals surface area contributed by atoms with E-state index in [4.69, 9.17) is 0 Å². The van der Waals surface area contributed by atoms with Gasteiger partial charge in [0.15, 0.2) is 0 Å². The summed E-state index contributed by atoms with van der Waals surface area (Å²) < 4.78 is 0. The monoisotopic (exact) mass is 283 g/mol. The minimum Gasteiger partial charge on any atom is -0.387 e. The Kier molecular flexibility index (Phi) is 4.43. The maximum Gasteiger partial charge on any atom is 0.233 e. The normalized spacial score (nSPS) is 12.8. The van der Waals surface area contributed by atoms with Crippen LogP contribution in [0.1, 0.15) is 31.1 Å². The van der Waals surface area contributed by atoms with Crippen LogP contribution in [0, 0.1) is 12.3 Å². The highest BCUT2D eigenvalue weighted by atomic mass is 16.3. The summed E-state index contributed by atoms with van der Waals surface area (Å²) in [6.45, 7) is 5.48. The van der Waals surface area contributed by atoms with E-state index in [1.165, 1.54) is 0 Å². The number of carbonyl (C=O) groups excluding carboxylic acids is 1. The molecule has 0 saturated heterocycles. The van der Waals surface area contributed by atoms with Crippen molar-refractivity contribution in [3.63, 3.8) is 0 Å². The third kappa shape index (κ3) is 3.50. The molecular weight excluding hydrogens is 262 g/mol. The third-order valence-corrected chi connectivity index (χ3v) is 3.69. The summed E-state index contributed by atoms with van der Waals surface area (Å²) >= 11 is 0. The van der Waals surface area contributed by atoms with Gasteiger partial charge in [0.2, 0.25) is 5.91 Å². The van der Waals surface area contributed by atoms with E-state index in [0.29, 0.717) is 0 Å². The van der Waals surface area contributed by atoms with Crippen LogP contribution in [0.2, 0.25) is 0 Å². The van der Waals surface area contributed by atoms with Crippen LogP contribution in [0.15, 0.2) is 54.6 Å². The highest BCUT2D eigenvalue weighted by Crippen LogP contribution is 2.34. The smallest absolute Gasteiger partial charge is 0.233 e. The zero-order valence-electron chi connectivity index (χ0n) is 12.6. The Bertz CT molecular complexity index is 603. The van der Waals surface area contributed by atoms with E-state index in [9.17, 15) is 9.90 Å². The van der Waals surface area contributed by atoms with Gasteiger partial charge in [0.1, 0.15) is 0 Å². The molecule has 0 aliphatic carbocycles. The number of nitrogens with one attached hydrogen (secondary N) is 1. The van der Waals surface area contributed by atoms with Crippen molar-refractivity contribution < 1.29 is 9.90 Å². The first kappa shape index (κ1) is 15.3. The Morgan fingerprint density at radius 3 is 2.19 bits per heavy atom. The molecule has 21 heavy (non-hydrogen) atoms. The molecule has 2 rings (SSSR count). The molecule has 3 nitrogen and oxygen atoms in total. The van der Waals surface area contributed by atoms with Crippen LogP contribution in [-0.2, 0) is 4.79 Å². The average Bonchev–Trinajstić information content (AvgIpc) is 2.49. The van der Waals surface area contributed by atoms with Crippen molar-refractivity contribution in [3.8, 4) is 0 Å². The molecule has 1 atom stereocenters. The number of hydrogen-bond donors (Lipinski definition) is 2. The summed E-state index contributed by atoms with van der Waals surface area (Å²) in [5, 5.41) is 13.3. The summed E-state index contributed by atoms with van der Waals surface area (Å²) in [7, 11) is 0. The number of aliphatic hydroxyl groups is 1. The number of anilines is 1. The molecule has 0 aromatic heterocycles. The van der Waals surface area contributed by atoms with Crippen LogP contribution in [0.4, 0.5) is 5.69 Å². The summed E-state index contributed by atoms with van der Waals surface area (Å²) in [5.41, 5.74) is 1.68. The van der Waals surface area contributed by atoms with Crippen LogP contribution < -0.4 is 5.32 Å². The molecule has 0 radical (unpaired) electrons. The number of hydrogen-bond acceptors (Lipinski definition) is 2. The van der Waals surface area contributed by atoms with Crippen molar-refractivity contribution in [1.82, 2.24) is 0 Å². The quantitative estimate of drug-likeness (QED) is 0.899. The van der Waals surface area contributed by atoms with Crippen molar-refractivity contribution in [2.75, 3.05) is 5.32 Å². The topological polar surface area (TPSA) is 49.3 Å². The molecule has 0 bridgehead atoms. The SMILES string of the molecule is Cc1ccc(NC(=O)C(C)(C)C(O)c2ccccc2)cc1. The number of carbonyl (C=O) groups is 1. The molecule has 0 aliphatic rings. The Balaban J connectivity index is 2.14. The predicted molar refractivity (Wildman–Crippen MR) is 85.0 cm³/mol. The van der Waals surface area contributed by atoms with E-state index in [-0.39, 0.29) is 5.91 Å². The van der Waals surface area contributed by atoms with E-state index in [1.54, 1.807) is 13.8 Å². The number of amides is 1. The lowest BCUT2D eigenvalue weighted by atomic mass is 9.81. The molecule has 2 aromatic carbocycles. The Morgan fingerprint density at radius 1 is 1.05 bits per heavy atom. The van der Waals surface area contributed by atoms with Crippen molar-refractivity contribution in [2.24, 2.45) is 5.41 Å². The lowest BCUT2D eigenvalue weighted by Crippen LogP contribution is -2.36. The van der Waals surface area contributed by atoms with Gasteiger partial charge in [0, 0.05) is 5.69 Å². The molecule has 1 unspecified atom stereocenters. The van der Waals surface area contributed by atoms with Gasteiger partial charge in [-0.15, -0.1) is 0 Å². The van der Waals surface area contributed by atoms with Gasteiger partial charge in [0.05, 0.1) is 11.5 Å². The van der Waals surface area contributed by atoms with E-state index >= 15 is 0 Å². The molecule has 0 fully saturated rings. The maximum absolute atomic E-state index is 12.5. The van der Waals surface area contributed by atoms with Gasteiger partial charge < -0.3 is 10.4 Å². The van der Waals surface area contributed by atoms with E-state index in [1.807, 2.05) is 61.5 Å². The second-order valence-corrected chi connectivity index (χ2v) is 5.86. The molecule has 0 saturated carbocycles. The van der Waals surface area contributed by atoms with Gasteiger partial charge in [0.25, 0.3) is 0 Å². The average molecular weight is 283 g/mol. The first-order valence-electron chi connectivity index (χ1n) is 7.02. The van der Waals surface area contributed by atoms with Crippen LogP contribution in [0.3, 0.4) is 0 Å². The standard InChI is InChI=1S/C18H21NO2/c1-13-9-11-15(12-10-13)19-17(21)18(2,3)16(20)14-7-5-4-6-8-14/h4-12,16,20H,1-3H3,(H,19,21). The molecule has 0 spiro atoms. The molecule has 1 amide bonds. The van der Waals surface area contributed by atoms with E-state index < -0.39 is 11.5 Å². The van der Waals surface area contributed by atoms with E-state index in [0.717, 1.165) is 16.8 Å². The van der Waals surface area contributed by atoms with Crippen molar-refractivity contribution in [2.45, 2.75) is 26.9 Å². The molecule has 0 heterocycles. The lowest BCUT2D eigenvalue weighted by molar-refractivity contribution is -0.130. The van der Waals surface area contributed by atoms with Crippen molar-refractivity contribution in [1.29, 1.82) is 0 Å². The van der Waals surface area contributed by atoms with Gasteiger partial charge in [-0.1, -0.05) is 48.0 Å². The number of aryl methyl sites for hydroxylation is 1. The summed E-state index contributed by atoms with van der Waals surface area (Å²) in [6, 6.07) is 16.8. The highest BCUT2D eigenvalue weighted by Gasteiger charge is 2.36. The number of rotatable bonds is 4. The first-order chi connectivity index (χ1) is 9.91. The van der Waals surface area contributed by atoms with Crippen LogP contribution >= 0.6 is 0 Å². The fourth-order valence-electron chi connectivity index (χ4n) is 2.11. The van der Waals surface area contributed by atoms with E-state index in [2.05, 4.69) is 5.32 Å². The fraction of sp³-hybridized carbons (Fsp3) is 0.278. The minimum absolute atomic E-state index is 0.206. The zero-order valence-corrected chi connectivity index (χ0v) is 12.6. The van der Waals surface area contributed by atoms with Gasteiger partial charge in [-0.05, 0) is 38.5 Å². The fourth-order valence-corrected chi connectivity index (χ4v) is 2.11. The summed E-state index contributed by atoms with van der Waals surface area (Å²) in [6.07, 6.45) is -0.857. The van der Waals surface area contributed by atoms with Crippen LogP contribution in [-0.4, -0.2) is 11.0 Å². The Labute approximate surface area is 125 Å². The molecular formula is C18H21NO2. The molecule has 0 aliphatic heterocycles. The number of benzene rings is 2. The van der Waals surface area contributed by atoms with Crippen molar-refractivity contribution in [3.05, 3.63) is 65.7 Å². The Morgan fingerprint density at radius 2 is 1.62 bits per heavy atom.